The Hall–Kier alpha value is -1.80. The van der Waals surface area contributed by atoms with Gasteiger partial charge in [0.15, 0.2) is 0 Å². The van der Waals surface area contributed by atoms with Gasteiger partial charge in [-0.05, 0) is 12.8 Å². The summed E-state index contributed by atoms with van der Waals surface area (Å²) in [5, 5.41) is 2.73. The van der Waals surface area contributed by atoms with Gasteiger partial charge in [0.25, 0.3) is 0 Å². The molecule has 0 bridgehead atoms. The molecule has 1 atom stereocenters. The van der Waals surface area contributed by atoms with Crippen LogP contribution >= 0.6 is 0 Å². The number of methoxy groups -OCH3 is 1. The number of hydrogen-bond donors (Lipinski definition) is 1. The van der Waals surface area contributed by atoms with Gasteiger partial charge in [-0.1, -0.05) is 0 Å². The first-order chi connectivity index (χ1) is 9.44. The maximum Gasteiger partial charge on any atom is 0.393 e. The van der Waals surface area contributed by atoms with E-state index in [0.29, 0.717) is 13.0 Å². The third-order valence-electron chi connectivity index (χ3n) is 3.18. The predicted molar refractivity (Wildman–Crippen MR) is 66.9 cm³/mol. The molecule has 1 aliphatic heterocycles. The van der Waals surface area contributed by atoms with E-state index in [1.165, 1.54) is 12.0 Å². The minimum atomic E-state index is -4.19. The van der Waals surface area contributed by atoms with Crippen molar-refractivity contribution < 1.29 is 17.9 Å². The normalized spacial score (nSPS) is 19.9. The van der Waals surface area contributed by atoms with E-state index in [1.54, 1.807) is 7.05 Å². The smallest absolute Gasteiger partial charge is 0.393 e. The van der Waals surface area contributed by atoms with Crippen molar-refractivity contribution in [1.82, 2.24) is 15.0 Å². The number of nitrogens with one attached hydrogen (secondary N) is 1. The number of nitrogens with zero attached hydrogens (tertiary/aromatic N) is 4. The summed E-state index contributed by atoms with van der Waals surface area (Å²) in [7, 11) is 3.01. The largest absolute Gasteiger partial charge is 0.467 e. The first kappa shape index (κ1) is 14.6. The lowest BCUT2D eigenvalue weighted by atomic mass is 9.98. The summed E-state index contributed by atoms with van der Waals surface area (Å²) < 4.78 is 43.3. The lowest BCUT2D eigenvalue weighted by Crippen LogP contribution is -2.42. The Morgan fingerprint density at radius 1 is 1.30 bits per heavy atom. The van der Waals surface area contributed by atoms with Crippen molar-refractivity contribution in [3.05, 3.63) is 0 Å². The fraction of sp³-hybridized carbons (Fsp3) is 0.727. The van der Waals surface area contributed by atoms with Gasteiger partial charge in [-0.25, -0.2) is 0 Å². The maximum atomic E-state index is 12.8. The van der Waals surface area contributed by atoms with Crippen molar-refractivity contribution >= 4 is 11.9 Å². The van der Waals surface area contributed by atoms with Gasteiger partial charge in [0.05, 0.1) is 13.0 Å². The highest BCUT2D eigenvalue weighted by Gasteiger charge is 2.42. The van der Waals surface area contributed by atoms with E-state index in [-0.39, 0.29) is 30.9 Å². The summed E-state index contributed by atoms with van der Waals surface area (Å²) in [6, 6.07) is 0.0773. The molecule has 2 rings (SSSR count). The topological polar surface area (TPSA) is 63.2 Å². The van der Waals surface area contributed by atoms with Gasteiger partial charge >= 0.3 is 12.2 Å². The highest BCUT2D eigenvalue weighted by Crippen LogP contribution is 2.34. The average Bonchev–Trinajstić information content (AvgIpc) is 2.46. The van der Waals surface area contributed by atoms with Gasteiger partial charge in [-0.15, -0.1) is 0 Å². The Bertz CT molecular complexity index is 446. The van der Waals surface area contributed by atoms with E-state index in [0.717, 1.165) is 0 Å². The molecule has 1 aromatic heterocycles. The Balaban J connectivity index is 2.22. The molecular formula is C11H16F3N5O. The van der Waals surface area contributed by atoms with Crippen molar-refractivity contribution in [1.29, 1.82) is 0 Å². The first-order valence-electron chi connectivity index (χ1n) is 6.23. The first-order valence-corrected chi connectivity index (χ1v) is 6.23. The van der Waals surface area contributed by atoms with Crippen LogP contribution in [-0.4, -0.2) is 48.4 Å². The summed E-state index contributed by atoms with van der Waals surface area (Å²) in [5.41, 5.74) is 0. The van der Waals surface area contributed by atoms with Gasteiger partial charge in [-0.3, -0.25) is 0 Å². The Morgan fingerprint density at radius 2 is 2.05 bits per heavy atom. The number of halogens is 3. The second-order valence-electron chi connectivity index (χ2n) is 4.52. The van der Waals surface area contributed by atoms with Crippen LogP contribution in [0.4, 0.5) is 25.1 Å². The van der Waals surface area contributed by atoms with Crippen LogP contribution in [0.3, 0.4) is 0 Å². The van der Waals surface area contributed by atoms with Gasteiger partial charge in [0.1, 0.15) is 0 Å². The molecular weight excluding hydrogens is 275 g/mol. The Morgan fingerprint density at radius 3 is 2.65 bits per heavy atom. The monoisotopic (exact) mass is 291 g/mol. The molecule has 1 saturated heterocycles. The summed E-state index contributed by atoms with van der Waals surface area (Å²) in [6.45, 7) is 0.350. The number of anilines is 2. The SMILES string of the molecule is CNc1nc(OC)nc(N2CCCC(C(F)(F)F)C2)n1. The molecule has 0 aromatic carbocycles. The predicted octanol–water partition coefficient (Wildman–Crippen LogP) is 1.70. The minimum absolute atomic E-state index is 0.0773. The molecule has 1 unspecified atom stereocenters. The number of hydrogen-bond acceptors (Lipinski definition) is 6. The molecule has 0 radical (unpaired) electrons. The fourth-order valence-electron chi connectivity index (χ4n) is 2.12. The van der Waals surface area contributed by atoms with Gasteiger partial charge in [-0.2, -0.15) is 28.1 Å². The standard InChI is InChI=1S/C11H16F3N5O/c1-15-8-16-9(18-10(17-8)20-2)19-5-3-4-7(6-19)11(12,13)14/h7H,3-6H2,1-2H3,(H,15,16,17,18). The molecule has 1 fully saturated rings. The number of ether oxygens (including phenoxy) is 1. The molecule has 1 N–H and O–H groups in total. The molecule has 0 aliphatic carbocycles. The number of aromatic nitrogens is 3. The molecule has 6 nitrogen and oxygen atoms in total. The van der Waals surface area contributed by atoms with Crippen LogP contribution in [0.15, 0.2) is 0 Å². The van der Waals surface area contributed by atoms with E-state index in [1.807, 2.05) is 0 Å². The molecule has 112 valence electrons. The van der Waals surface area contributed by atoms with E-state index < -0.39 is 12.1 Å². The van der Waals surface area contributed by atoms with Crippen molar-refractivity contribution in [2.75, 3.05) is 37.5 Å². The molecule has 1 aromatic rings. The van der Waals surface area contributed by atoms with E-state index in [9.17, 15) is 13.2 Å². The summed E-state index contributed by atoms with van der Waals surface area (Å²) in [4.78, 5) is 13.5. The van der Waals surface area contributed by atoms with Crippen LogP contribution in [0.25, 0.3) is 0 Å². The lowest BCUT2D eigenvalue weighted by molar-refractivity contribution is -0.176. The van der Waals surface area contributed by atoms with Crippen molar-refractivity contribution in [2.45, 2.75) is 19.0 Å². The average molecular weight is 291 g/mol. The van der Waals surface area contributed by atoms with E-state index in [4.69, 9.17) is 4.74 Å². The third kappa shape index (κ3) is 3.20. The van der Waals surface area contributed by atoms with Crippen molar-refractivity contribution in [2.24, 2.45) is 5.92 Å². The number of alkyl halides is 3. The maximum absolute atomic E-state index is 12.8. The van der Waals surface area contributed by atoms with Crippen molar-refractivity contribution in [3.63, 3.8) is 0 Å². The molecule has 0 saturated carbocycles. The third-order valence-corrected chi connectivity index (χ3v) is 3.18. The minimum Gasteiger partial charge on any atom is -0.467 e. The van der Waals surface area contributed by atoms with Crippen LogP contribution in [0, 0.1) is 5.92 Å². The molecule has 2 heterocycles. The number of rotatable bonds is 3. The zero-order valence-electron chi connectivity index (χ0n) is 11.2. The highest BCUT2D eigenvalue weighted by atomic mass is 19.4. The molecule has 9 heteroatoms. The van der Waals surface area contributed by atoms with Crippen molar-refractivity contribution in [3.8, 4) is 6.01 Å². The molecule has 1 aliphatic rings. The molecule has 0 amide bonds. The van der Waals surface area contributed by atoms with Crippen LogP contribution in [0.1, 0.15) is 12.8 Å². The van der Waals surface area contributed by atoms with E-state index in [2.05, 4.69) is 20.3 Å². The fourth-order valence-corrected chi connectivity index (χ4v) is 2.12. The highest BCUT2D eigenvalue weighted by molar-refractivity contribution is 5.38. The Labute approximate surface area is 114 Å². The van der Waals surface area contributed by atoms with Gasteiger partial charge < -0.3 is 15.0 Å². The molecule has 20 heavy (non-hydrogen) atoms. The zero-order valence-corrected chi connectivity index (χ0v) is 11.2. The van der Waals surface area contributed by atoms with Gasteiger partial charge in [0, 0.05) is 20.1 Å². The Kier molecular flexibility index (Phi) is 4.15. The van der Waals surface area contributed by atoms with Gasteiger partial charge in [0.2, 0.25) is 11.9 Å². The quantitative estimate of drug-likeness (QED) is 0.914. The second kappa shape index (κ2) is 5.68. The van der Waals surface area contributed by atoms with Crippen LogP contribution in [-0.2, 0) is 0 Å². The lowest BCUT2D eigenvalue weighted by Gasteiger charge is -2.33. The zero-order chi connectivity index (χ0) is 14.8. The summed E-state index contributed by atoms with van der Waals surface area (Å²) in [5.74, 6) is -0.881. The summed E-state index contributed by atoms with van der Waals surface area (Å²) in [6.07, 6.45) is -3.60. The number of piperidine rings is 1. The second-order valence-corrected chi connectivity index (χ2v) is 4.52. The molecule has 0 spiro atoms. The van der Waals surface area contributed by atoms with Crippen LogP contribution in [0.5, 0.6) is 6.01 Å². The summed E-state index contributed by atoms with van der Waals surface area (Å²) >= 11 is 0. The van der Waals surface area contributed by atoms with Crippen LogP contribution < -0.4 is 15.0 Å². The van der Waals surface area contributed by atoms with Crippen LogP contribution in [0.2, 0.25) is 0 Å². The van der Waals surface area contributed by atoms with E-state index >= 15 is 0 Å².